The van der Waals surface area contributed by atoms with Crippen molar-refractivity contribution in [2.45, 2.75) is 64.1 Å². The van der Waals surface area contributed by atoms with Gasteiger partial charge in [-0.1, -0.05) is 12.8 Å². The van der Waals surface area contributed by atoms with Crippen molar-refractivity contribution in [3.63, 3.8) is 0 Å². The van der Waals surface area contributed by atoms with Crippen molar-refractivity contribution in [1.82, 2.24) is 19.7 Å². The Bertz CT molecular complexity index is 977. The van der Waals surface area contributed by atoms with Crippen LogP contribution in [0.25, 0.3) is 11.0 Å². The molecule has 0 bridgehead atoms. The average Bonchev–Trinajstić information content (AvgIpc) is 3.59. The largest absolute Gasteiger partial charge is 0.328 e. The zero-order valence-electron chi connectivity index (χ0n) is 16.0. The van der Waals surface area contributed by atoms with Gasteiger partial charge in [-0.3, -0.25) is 14.4 Å². The minimum absolute atomic E-state index is 0.0103. The summed E-state index contributed by atoms with van der Waals surface area (Å²) in [5.41, 5.74) is 0.864. The molecule has 7 nitrogen and oxygen atoms in total. The van der Waals surface area contributed by atoms with Crippen molar-refractivity contribution in [3.05, 3.63) is 24.0 Å². The van der Waals surface area contributed by atoms with Gasteiger partial charge in [-0.05, 0) is 43.2 Å². The molecule has 3 aliphatic rings. The van der Waals surface area contributed by atoms with Crippen molar-refractivity contribution in [3.8, 4) is 0 Å². The summed E-state index contributed by atoms with van der Waals surface area (Å²) in [6.45, 7) is 1.47. The first-order valence-electron chi connectivity index (χ1n) is 10.2. The number of rotatable bonds is 7. The van der Waals surface area contributed by atoms with Crippen LogP contribution >= 0.6 is 0 Å². The molecule has 2 saturated carbocycles. The fraction of sp³-hybridized carbons (Fsp3) is 0.571. The van der Waals surface area contributed by atoms with Crippen LogP contribution in [0.4, 0.5) is 0 Å². The van der Waals surface area contributed by atoms with E-state index in [2.05, 4.69) is 10.1 Å². The van der Waals surface area contributed by atoms with Gasteiger partial charge in [0, 0.05) is 25.6 Å². The van der Waals surface area contributed by atoms with Crippen molar-refractivity contribution in [2.24, 2.45) is 11.8 Å². The summed E-state index contributed by atoms with van der Waals surface area (Å²) in [4.78, 5) is 43.9. The number of ketones is 2. The van der Waals surface area contributed by atoms with Gasteiger partial charge in [0.25, 0.3) is 0 Å². The normalized spacial score (nSPS) is 25.8. The van der Waals surface area contributed by atoms with Gasteiger partial charge in [0.15, 0.2) is 17.2 Å². The van der Waals surface area contributed by atoms with Gasteiger partial charge < -0.3 is 4.90 Å². The summed E-state index contributed by atoms with van der Waals surface area (Å²) in [6.07, 6.45) is 7.45. The molecule has 0 N–H and O–H groups in total. The fourth-order valence-corrected chi connectivity index (χ4v) is 4.61. The molecule has 28 heavy (non-hydrogen) atoms. The van der Waals surface area contributed by atoms with Crippen molar-refractivity contribution >= 4 is 28.5 Å². The van der Waals surface area contributed by atoms with Crippen LogP contribution < -0.4 is 0 Å². The third-order valence-electron chi connectivity index (χ3n) is 6.39. The van der Waals surface area contributed by atoms with Crippen molar-refractivity contribution in [1.29, 1.82) is 0 Å². The molecule has 146 valence electrons. The number of pyridine rings is 1. The smallest absolute Gasteiger partial charge is 0.245 e. The van der Waals surface area contributed by atoms with Crippen LogP contribution in [0, 0.1) is 11.8 Å². The van der Waals surface area contributed by atoms with Crippen LogP contribution in [0.15, 0.2) is 18.3 Å². The highest BCUT2D eigenvalue weighted by Crippen LogP contribution is 2.48. The second-order valence-corrected chi connectivity index (χ2v) is 8.50. The van der Waals surface area contributed by atoms with E-state index >= 15 is 0 Å². The highest BCUT2D eigenvalue weighted by molar-refractivity contribution is 6.04. The fourth-order valence-electron chi connectivity index (χ4n) is 4.61. The maximum atomic E-state index is 13.1. The molecule has 3 fully saturated rings. The molecule has 0 spiro atoms. The Balaban J connectivity index is 1.36. The Morgan fingerprint density at radius 1 is 1.21 bits per heavy atom. The first-order valence-corrected chi connectivity index (χ1v) is 10.2. The lowest BCUT2D eigenvalue weighted by Crippen LogP contribution is -2.44. The summed E-state index contributed by atoms with van der Waals surface area (Å²) in [5, 5.41) is 5.01. The van der Waals surface area contributed by atoms with E-state index in [0.717, 1.165) is 25.2 Å². The van der Waals surface area contributed by atoms with Crippen LogP contribution in [-0.2, 0) is 16.1 Å². The van der Waals surface area contributed by atoms with E-state index in [9.17, 15) is 14.4 Å². The summed E-state index contributed by atoms with van der Waals surface area (Å²) < 4.78 is 1.51. The van der Waals surface area contributed by atoms with E-state index in [4.69, 9.17) is 0 Å². The molecule has 3 heterocycles. The third-order valence-corrected chi connectivity index (χ3v) is 6.39. The Hall–Kier alpha value is -2.57. The number of nitrogens with zero attached hydrogens (tertiary/aromatic N) is 4. The molecule has 5 rings (SSSR count). The number of fused-ring (bicyclic) bond motifs is 2. The first-order chi connectivity index (χ1) is 13.5. The summed E-state index contributed by atoms with van der Waals surface area (Å²) in [7, 11) is 0. The standard InChI is InChI=1S/C21H24N4O3/c1-12(26)20-15-3-2-8-22-21(15)24(23-20)11-19(28)25-16-9-14(16)10-17(25)18(27)7-6-13-4-5-13/h2-3,8,13-14,16-17H,4-7,9-11H2,1H3/t14-,16-,17+/m1/s1. The van der Waals surface area contributed by atoms with E-state index < -0.39 is 0 Å². The van der Waals surface area contributed by atoms with E-state index in [1.165, 1.54) is 24.4 Å². The zero-order chi connectivity index (χ0) is 19.4. The molecular formula is C21H24N4O3. The lowest BCUT2D eigenvalue weighted by Gasteiger charge is -2.26. The van der Waals surface area contributed by atoms with Crippen LogP contribution in [-0.4, -0.2) is 49.2 Å². The highest BCUT2D eigenvalue weighted by atomic mass is 16.2. The van der Waals surface area contributed by atoms with Gasteiger partial charge in [0.2, 0.25) is 5.91 Å². The number of aromatic nitrogens is 3. The molecule has 0 unspecified atom stereocenters. The molecule has 2 aromatic rings. The van der Waals surface area contributed by atoms with Crippen LogP contribution in [0.1, 0.15) is 55.9 Å². The first kappa shape index (κ1) is 17.5. The summed E-state index contributed by atoms with van der Waals surface area (Å²) in [6, 6.07) is 3.47. The number of piperidine rings is 1. The van der Waals surface area contributed by atoms with E-state index in [0.29, 0.717) is 29.1 Å². The van der Waals surface area contributed by atoms with Crippen molar-refractivity contribution in [2.75, 3.05) is 0 Å². The number of carbonyl (C=O) groups is 3. The lowest BCUT2D eigenvalue weighted by molar-refractivity contribution is -0.139. The average molecular weight is 380 g/mol. The number of hydrogen-bond acceptors (Lipinski definition) is 5. The van der Waals surface area contributed by atoms with Crippen LogP contribution in [0.2, 0.25) is 0 Å². The summed E-state index contributed by atoms with van der Waals surface area (Å²) >= 11 is 0. The number of hydrogen-bond donors (Lipinski definition) is 0. The quantitative estimate of drug-likeness (QED) is 0.689. The molecule has 1 saturated heterocycles. The van der Waals surface area contributed by atoms with Gasteiger partial charge in [0.05, 0.1) is 11.4 Å². The van der Waals surface area contributed by atoms with Gasteiger partial charge in [-0.25, -0.2) is 9.67 Å². The molecule has 3 atom stereocenters. The van der Waals surface area contributed by atoms with E-state index in [-0.39, 0.29) is 36.1 Å². The molecule has 1 amide bonds. The monoisotopic (exact) mass is 380 g/mol. The van der Waals surface area contributed by atoms with E-state index in [1.807, 2.05) is 4.90 Å². The molecule has 2 aliphatic carbocycles. The second-order valence-electron chi connectivity index (χ2n) is 8.50. The predicted molar refractivity (Wildman–Crippen MR) is 102 cm³/mol. The molecule has 0 radical (unpaired) electrons. The predicted octanol–water partition coefficient (Wildman–Crippen LogP) is 2.38. The van der Waals surface area contributed by atoms with Crippen molar-refractivity contribution < 1.29 is 14.4 Å². The maximum Gasteiger partial charge on any atom is 0.245 e. The Kier molecular flexibility index (Phi) is 4.07. The number of likely N-dealkylation sites (tertiary alicyclic amines) is 1. The number of amides is 1. The Labute approximate surface area is 163 Å². The van der Waals surface area contributed by atoms with Gasteiger partial charge in [-0.15, -0.1) is 0 Å². The Morgan fingerprint density at radius 2 is 2.04 bits per heavy atom. The maximum absolute atomic E-state index is 13.1. The summed E-state index contributed by atoms with van der Waals surface area (Å²) in [5.74, 6) is 1.15. The minimum atomic E-state index is -0.280. The zero-order valence-corrected chi connectivity index (χ0v) is 16.0. The molecular weight excluding hydrogens is 356 g/mol. The van der Waals surface area contributed by atoms with Crippen LogP contribution in [0.3, 0.4) is 0 Å². The third kappa shape index (κ3) is 3.02. The number of carbonyl (C=O) groups excluding carboxylic acids is 3. The molecule has 0 aromatic carbocycles. The second kappa shape index (κ2) is 6.50. The number of Topliss-reactive ketones (excluding diaryl/α,β-unsaturated/α-hetero) is 2. The molecule has 2 aromatic heterocycles. The van der Waals surface area contributed by atoms with E-state index in [1.54, 1.807) is 18.3 Å². The Morgan fingerprint density at radius 3 is 2.79 bits per heavy atom. The van der Waals surface area contributed by atoms with Gasteiger partial charge >= 0.3 is 0 Å². The minimum Gasteiger partial charge on any atom is -0.328 e. The van der Waals surface area contributed by atoms with Gasteiger partial charge in [0.1, 0.15) is 12.2 Å². The van der Waals surface area contributed by atoms with Crippen LogP contribution in [0.5, 0.6) is 0 Å². The molecule has 1 aliphatic heterocycles. The SMILES string of the molecule is CC(=O)c1nn(CC(=O)N2[C@@H]3C[C@@H]3C[C@H]2C(=O)CCC2CC2)c2ncccc12. The lowest BCUT2D eigenvalue weighted by atomic mass is 10.0. The highest BCUT2D eigenvalue weighted by Gasteiger charge is 2.55. The van der Waals surface area contributed by atoms with Gasteiger partial charge in [-0.2, -0.15) is 5.10 Å². The molecule has 7 heteroatoms. The topological polar surface area (TPSA) is 85.2 Å².